The van der Waals surface area contributed by atoms with Gasteiger partial charge in [-0.1, -0.05) is 32.6 Å². The fourth-order valence-corrected chi connectivity index (χ4v) is 3.30. The lowest BCUT2D eigenvalue weighted by Gasteiger charge is -2.37. The Morgan fingerprint density at radius 1 is 1.15 bits per heavy atom. The number of carbonyl (C=O) groups excluding carboxylic acids is 1. The van der Waals surface area contributed by atoms with E-state index in [0.717, 1.165) is 6.42 Å². The molecule has 0 bridgehead atoms. The topological polar surface area (TPSA) is 78.4 Å². The number of nitrogens with one attached hydrogen (secondary N) is 2. The second-order valence-electron chi connectivity index (χ2n) is 6.52. The van der Waals surface area contributed by atoms with E-state index >= 15 is 0 Å². The van der Waals surface area contributed by atoms with Crippen molar-refractivity contribution in [1.82, 2.24) is 10.6 Å². The number of carboxylic acids is 1. The maximum Gasteiger partial charge on any atom is 0.314 e. The summed E-state index contributed by atoms with van der Waals surface area (Å²) < 4.78 is 0. The van der Waals surface area contributed by atoms with Crippen molar-refractivity contribution in [3.8, 4) is 0 Å². The van der Waals surface area contributed by atoms with Crippen molar-refractivity contribution in [1.29, 1.82) is 0 Å². The SMILES string of the molecule is CC1CCCCC1CNC(=O)NCC1(C(=O)O)CCC1. The maximum atomic E-state index is 11.8. The van der Waals surface area contributed by atoms with Gasteiger partial charge in [0.2, 0.25) is 0 Å². The van der Waals surface area contributed by atoms with Gasteiger partial charge in [0.05, 0.1) is 5.41 Å². The molecular formula is C15H26N2O3. The van der Waals surface area contributed by atoms with E-state index in [1.165, 1.54) is 25.7 Å². The van der Waals surface area contributed by atoms with Crippen LogP contribution in [0.15, 0.2) is 0 Å². The van der Waals surface area contributed by atoms with Crippen LogP contribution in [-0.2, 0) is 4.79 Å². The van der Waals surface area contributed by atoms with Crippen molar-refractivity contribution in [2.75, 3.05) is 13.1 Å². The molecule has 5 heteroatoms. The summed E-state index contributed by atoms with van der Waals surface area (Å²) in [5, 5.41) is 14.8. The molecule has 20 heavy (non-hydrogen) atoms. The number of amides is 2. The summed E-state index contributed by atoms with van der Waals surface area (Å²) in [5.74, 6) is 0.442. The summed E-state index contributed by atoms with van der Waals surface area (Å²) >= 11 is 0. The van der Waals surface area contributed by atoms with Gasteiger partial charge in [0.1, 0.15) is 0 Å². The third kappa shape index (κ3) is 3.44. The minimum atomic E-state index is -0.787. The fraction of sp³-hybridized carbons (Fsp3) is 0.867. The van der Waals surface area contributed by atoms with Crippen LogP contribution in [0.1, 0.15) is 51.9 Å². The Morgan fingerprint density at radius 3 is 2.40 bits per heavy atom. The minimum Gasteiger partial charge on any atom is -0.481 e. The van der Waals surface area contributed by atoms with Gasteiger partial charge in [-0.05, 0) is 31.1 Å². The average molecular weight is 282 g/mol. The molecule has 2 fully saturated rings. The molecule has 0 spiro atoms. The molecule has 0 aromatic heterocycles. The predicted octanol–water partition coefficient (Wildman–Crippen LogP) is 2.37. The lowest BCUT2D eigenvalue weighted by Crippen LogP contribution is -2.50. The molecule has 2 atom stereocenters. The van der Waals surface area contributed by atoms with Gasteiger partial charge in [-0.25, -0.2) is 4.79 Å². The van der Waals surface area contributed by atoms with Gasteiger partial charge in [-0.15, -0.1) is 0 Å². The standard InChI is InChI=1S/C15H26N2O3/c1-11-5-2-3-6-12(11)9-16-14(20)17-10-15(13(18)19)7-4-8-15/h11-12H,2-10H2,1H3,(H,18,19)(H2,16,17,20). The molecule has 2 aliphatic rings. The molecule has 0 aliphatic heterocycles. The molecule has 0 aromatic rings. The van der Waals surface area contributed by atoms with Gasteiger partial charge in [-0.2, -0.15) is 0 Å². The Kier molecular flexibility index (Phi) is 4.89. The van der Waals surface area contributed by atoms with Gasteiger partial charge >= 0.3 is 12.0 Å². The first-order chi connectivity index (χ1) is 9.53. The van der Waals surface area contributed by atoms with Crippen LogP contribution in [0.2, 0.25) is 0 Å². The molecule has 5 nitrogen and oxygen atoms in total. The smallest absolute Gasteiger partial charge is 0.314 e. The fourth-order valence-electron chi connectivity index (χ4n) is 3.30. The normalized spacial score (nSPS) is 28.2. The van der Waals surface area contributed by atoms with Crippen LogP contribution in [0.3, 0.4) is 0 Å². The predicted molar refractivity (Wildman–Crippen MR) is 76.4 cm³/mol. The van der Waals surface area contributed by atoms with E-state index in [1.54, 1.807) is 0 Å². The lowest BCUT2D eigenvalue weighted by atomic mass is 9.69. The summed E-state index contributed by atoms with van der Waals surface area (Å²) in [7, 11) is 0. The number of hydrogen-bond acceptors (Lipinski definition) is 2. The molecule has 2 unspecified atom stereocenters. The molecule has 0 heterocycles. The number of carbonyl (C=O) groups is 2. The molecule has 0 radical (unpaired) electrons. The monoisotopic (exact) mass is 282 g/mol. The summed E-state index contributed by atoms with van der Waals surface area (Å²) in [6, 6.07) is -0.227. The molecule has 0 aromatic carbocycles. The zero-order chi connectivity index (χ0) is 14.6. The Balaban J connectivity index is 1.69. The van der Waals surface area contributed by atoms with Crippen LogP contribution in [0, 0.1) is 17.3 Å². The van der Waals surface area contributed by atoms with E-state index in [2.05, 4.69) is 17.6 Å². The zero-order valence-electron chi connectivity index (χ0n) is 12.3. The van der Waals surface area contributed by atoms with Crippen molar-refractivity contribution in [2.24, 2.45) is 17.3 Å². The highest BCUT2D eigenvalue weighted by molar-refractivity contribution is 5.78. The number of rotatable bonds is 5. The Bertz CT molecular complexity index is 366. The Labute approximate surface area is 120 Å². The number of aliphatic carboxylic acids is 1. The summed E-state index contributed by atoms with van der Waals surface area (Å²) in [4.78, 5) is 23.0. The second kappa shape index (κ2) is 6.46. The largest absolute Gasteiger partial charge is 0.481 e. The number of urea groups is 1. The highest BCUT2D eigenvalue weighted by Gasteiger charge is 2.44. The van der Waals surface area contributed by atoms with E-state index in [9.17, 15) is 14.7 Å². The van der Waals surface area contributed by atoms with Crippen LogP contribution in [0.25, 0.3) is 0 Å². The summed E-state index contributed by atoms with van der Waals surface area (Å²) in [6.07, 6.45) is 7.25. The van der Waals surface area contributed by atoms with Gasteiger partial charge in [0.15, 0.2) is 0 Å². The van der Waals surface area contributed by atoms with E-state index in [-0.39, 0.29) is 12.6 Å². The van der Waals surface area contributed by atoms with Gasteiger partial charge in [0.25, 0.3) is 0 Å². The second-order valence-corrected chi connectivity index (χ2v) is 6.52. The first kappa shape index (κ1) is 15.1. The van der Waals surface area contributed by atoms with E-state index < -0.39 is 11.4 Å². The van der Waals surface area contributed by atoms with Crippen molar-refractivity contribution in [2.45, 2.75) is 51.9 Å². The van der Waals surface area contributed by atoms with Crippen LogP contribution < -0.4 is 10.6 Å². The minimum absolute atomic E-state index is 0.227. The average Bonchev–Trinajstić information content (AvgIpc) is 2.36. The third-order valence-electron chi connectivity index (χ3n) is 5.17. The molecule has 3 N–H and O–H groups in total. The molecule has 2 aliphatic carbocycles. The van der Waals surface area contributed by atoms with Crippen molar-refractivity contribution < 1.29 is 14.7 Å². The number of hydrogen-bond donors (Lipinski definition) is 3. The highest BCUT2D eigenvalue weighted by atomic mass is 16.4. The van der Waals surface area contributed by atoms with Gasteiger partial charge in [-0.3, -0.25) is 4.79 Å². The molecule has 2 rings (SSSR count). The van der Waals surface area contributed by atoms with Gasteiger partial charge < -0.3 is 15.7 Å². The lowest BCUT2D eigenvalue weighted by molar-refractivity contribution is -0.153. The van der Waals surface area contributed by atoms with Crippen LogP contribution in [0.5, 0.6) is 0 Å². The zero-order valence-corrected chi connectivity index (χ0v) is 12.3. The number of carboxylic acid groups (broad SMARTS) is 1. The Hall–Kier alpha value is -1.26. The third-order valence-corrected chi connectivity index (χ3v) is 5.17. The van der Waals surface area contributed by atoms with E-state index in [0.29, 0.717) is 31.2 Å². The Morgan fingerprint density at radius 2 is 1.85 bits per heavy atom. The van der Waals surface area contributed by atoms with Crippen LogP contribution >= 0.6 is 0 Å². The van der Waals surface area contributed by atoms with Gasteiger partial charge in [0, 0.05) is 13.1 Å². The van der Waals surface area contributed by atoms with Crippen LogP contribution in [-0.4, -0.2) is 30.2 Å². The van der Waals surface area contributed by atoms with Crippen molar-refractivity contribution >= 4 is 12.0 Å². The first-order valence-corrected chi connectivity index (χ1v) is 7.79. The summed E-state index contributed by atoms with van der Waals surface area (Å²) in [6.45, 7) is 3.19. The first-order valence-electron chi connectivity index (χ1n) is 7.79. The molecule has 2 amide bonds. The molecule has 114 valence electrons. The van der Waals surface area contributed by atoms with Crippen LogP contribution in [0.4, 0.5) is 4.79 Å². The van der Waals surface area contributed by atoms with E-state index in [1.807, 2.05) is 0 Å². The quantitative estimate of drug-likeness (QED) is 0.724. The molecule has 0 saturated heterocycles. The maximum absolute atomic E-state index is 11.8. The highest BCUT2D eigenvalue weighted by Crippen LogP contribution is 2.40. The van der Waals surface area contributed by atoms with Crippen molar-refractivity contribution in [3.63, 3.8) is 0 Å². The van der Waals surface area contributed by atoms with E-state index in [4.69, 9.17) is 0 Å². The molecule has 2 saturated carbocycles. The van der Waals surface area contributed by atoms with Crippen molar-refractivity contribution in [3.05, 3.63) is 0 Å². The summed E-state index contributed by atoms with van der Waals surface area (Å²) in [5.41, 5.74) is -0.713. The molecular weight excluding hydrogens is 256 g/mol.